The summed E-state index contributed by atoms with van der Waals surface area (Å²) in [6.45, 7) is 1.60. The minimum Gasteiger partial charge on any atom is -0.494 e. The van der Waals surface area contributed by atoms with Crippen LogP contribution in [0.25, 0.3) is 0 Å². The second kappa shape index (κ2) is 7.30. The summed E-state index contributed by atoms with van der Waals surface area (Å²) >= 11 is 6.05. The third kappa shape index (κ3) is 3.04. The van der Waals surface area contributed by atoms with Gasteiger partial charge in [-0.05, 0) is 24.6 Å². The molecule has 0 aliphatic rings. The third-order valence-electron chi connectivity index (χ3n) is 3.66. The van der Waals surface area contributed by atoms with Gasteiger partial charge in [0.05, 0.1) is 23.7 Å². The highest BCUT2D eigenvalue weighted by molar-refractivity contribution is 6.35. The van der Waals surface area contributed by atoms with E-state index in [0.717, 1.165) is 4.57 Å². The summed E-state index contributed by atoms with van der Waals surface area (Å²) in [5.41, 5.74) is -0.674. The highest BCUT2D eigenvalue weighted by Gasteiger charge is 2.25. The number of aromatic hydroxyl groups is 1. The molecule has 2 rings (SSSR count). The van der Waals surface area contributed by atoms with Crippen LogP contribution in [0.3, 0.4) is 0 Å². The van der Waals surface area contributed by atoms with E-state index in [1.165, 1.54) is 20.1 Å². The molecular weight excluding hydrogens is 332 g/mol. The maximum Gasteiger partial charge on any atom is 0.271 e. The Kier molecular flexibility index (Phi) is 5.39. The van der Waals surface area contributed by atoms with Gasteiger partial charge in [-0.1, -0.05) is 23.7 Å². The van der Waals surface area contributed by atoms with Crippen LogP contribution in [0.5, 0.6) is 5.88 Å². The van der Waals surface area contributed by atoms with Crippen LogP contribution in [0.2, 0.25) is 5.02 Å². The number of nitriles is 1. The summed E-state index contributed by atoms with van der Waals surface area (Å²) in [6.07, 6.45) is 0. The highest BCUT2D eigenvalue weighted by Crippen LogP contribution is 2.27. The number of rotatable bonds is 5. The molecule has 0 saturated heterocycles. The minimum absolute atomic E-state index is 0.0128. The van der Waals surface area contributed by atoms with E-state index in [0.29, 0.717) is 0 Å². The number of methoxy groups -OCH3 is 1. The van der Waals surface area contributed by atoms with E-state index >= 15 is 0 Å². The van der Waals surface area contributed by atoms with Crippen LogP contribution < -0.4 is 5.56 Å². The van der Waals surface area contributed by atoms with Gasteiger partial charge in [-0.2, -0.15) is 5.26 Å². The first-order chi connectivity index (χ1) is 11.4. The van der Waals surface area contributed by atoms with Crippen molar-refractivity contribution >= 4 is 17.4 Å². The molecule has 6 nitrogen and oxygen atoms in total. The second-order valence-corrected chi connectivity index (χ2v) is 5.48. The van der Waals surface area contributed by atoms with Crippen molar-refractivity contribution in [2.45, 2.75) is 13.5 Å². The number of halogens is 1. The van der Waals surface area contributed by atoms with Crippen LogP contribution >= 0.6 is 11.6 Å². The molecular formula is C17H15ClN2O4. The van der Waals surface area contributed by atoms with Gasteiger partial charge in [-0.15, -0.1) is 0 Å². The Morgan fingerprint density at radius 1 is 1.42 bits per heavy atom. The Bertz CT molecular complexity index is 897. The fourth-order valence-corrected chi connectivity index (χ4v) is 2.61. The Morgan fingerprint density at radius 3 is 2.67 bits per heavy atom. The Morgan fingerprint density at radius 2 is 2.08 bits per heavy atom. The first-order valence-corrected chi connectivity index (χ1v) is 7.46. The molecule has 0 aliphatic carbocycles. The molecule has 124 valence electrons. The quantitative estimate of drug-likeness (QED) is 0.838. The van der Waals surface area contributed by atoms with E-state index in [1.807, 2.05) is 0 Å². The molecule has 0 atom stereocenters. The maximum absolute atomic E-state index is 12.8. The van der Waals surface area contributed by atoms with Gasteiger partial charge in [-0.25, -0.2) is 0 Å². The summed E-state index contributed by atoms with van der Waals surface area (Å²) < 4.78 is 5.86. The van der Waals surface area contributed by atoms with Gasteiger partial charge in [0.25, 0.3) is 5.56 Å². The molecule has 0 spiro atoms. The third-order valence-corrected chi connectivity index (χ3v) is 3.99. The lowest BCUT2D eigenvalue weighted by Crippen LogP contribution is -2.28. The molecule has 0 amide bonds. The van der Waals surface area contributed by atoms with Gasteiger partial charge < -0.3 is 9.84 Å². The van der Waals surface area contributed by atoms with E-state index in [4.69, 9.17) is 16.3 Å². The predicted octanol–water partition coefficient (Wildman–Crippen LogP) is 2.26. The zero-order valence-corrected chi connectivity index (χ0v) is 13.9. The van der Waals surface area contributed by atoms with Gasteiger partial charge in [0.2, 0.25) is 5.88 Å². The van der Waals surface area contributed by atoms with Crippen LogP contribution in [-0.2, 0) is 11.3 Å². The number of pyridine rings is 1. The minimum atomic E-state index is -0.666. The predicted molar refractivity (Wildman–Crippen MR) is 88.6 cm³/mol. The number of hydrogen-bond donors (Lipinski definition) is 1. The fraction of sp³-hybridized carbons (Fsp3) is 0.235. The van der Waals surface area contributed by atoms with Crippen molar-refractivity contribution in [3.63, 3.8) is 0 Å². The molecule has 0 bridgehead atoms. The number of carbonyl (C=O) groups excluding carboxylic acids is 1. The first kappa shape index (κ1) is 17.7. The van der Waals surface area contributed by atoms with Gasteiger partial charge in [-0.3, -0.25) is 14.2 Å². The summed E-state index contributed by atoms with van der Waals surface area (Å²) in [7, 11) is 1.44. The summed E-state index contributed by atoms with van der Waals surface area (Å²) in [5.74, 6) is -1.06. The summed E-state index contributed by atoms with van der Waals surface area (Å²) in [6, 6.07) is 8.17. The molecule has 0 aliphatic heterocycles. The smallest absolute Gasteiger partial charge is 0.271 e. The Balaban J connectivity index is 2.74. The molecule has 24 heavy (non-hydrogen) atoms. The zero-order valence-electron chi connectivity index (χ0n) is 13.2. The Hall–Kier alpha value is -2.62. The fourth-order valence-electron chi connectivity index (χ4n) is 2.39. The number of aromatic nitrogens is 1. The number of ether oxygens (including phenoxy) is 1. The first-order valence-electron chi connectivity index (χ1n) is 7.08. The molecule has 2 aromatic rings. The molecule has 0 unspecified atom stereocenters. The molecule has 7 heteroatoms. The monoisotopic (exact) mass is 346 g/mol. The van der Waals surface area contributed by atoms with Crippen LogP contribution in [-0.4, -0.2) is 29.2 Å². The standard InChI is InChI=1S/C17H15ClN2O4/c1-10-12(9-19)16(22)20(7-8-24-2)17(23)14(10)15(21)11-5-3-4-6-13(11)18/h3-6,23H,7-8H2,1-2H3. The van der Waals surface area contributed by atoms with Gasteiger partial charge in [0.1, 0.15) is 11.6 Å². The average molecular weight is 347 g/mol. The van der Waals surface area contributed by atoms with E-state index in [2.05, 4.69) is 0 Å². The number of carbonyl (C=O) groups is 1. The molecule has 1 aromatic carbocycles. The topological polar surface area (TPSA) is 92.3 Å². The number of nitrogens with zero attached hydrogens (tertiary/aromatic N) is 2. The normalized spacial score (nSPS) is 10.4. The van der Waals surface area contributed by atoms with Gasteiger partial charge >= 0.3 is 0 Å². The van der Waals surface area contributed by atoms with E-state index in [9.17, 15) is 20.0 Å². The van der Waals surface area contributed by atoms with Crippen molar-refractivity contribution in [1.82, 2.24) is 4.57 Å². The molecule has 0 saturated carbocycles. The van der Waals surface area contributed by atoms with Crippen molar-refractivity contribution in [2.24, 2.45) is 0 Å². The lowest BCUT2D eigenvalue weighted by molar-refractivity contribution is 0.103. The molecule has 0 fully saturated rings. The molecule has 0 radical (unpaired) electrons. The highest BCUT2D eigenvalue weighted by atomic mass is 35.5. The molecule has 1 N–H and O–H groups in total. The van der Waals surface area contributed by atoms with E-state index in [-0.39, 0.29) is 40.4 Å². The van der Waals surface area contributed by atoms with Crippen molar-refractivity contribution in [2.75, 3.05) is 13.7 Å². The zero-order chi connectivity index (χ0) is 17.9. The Labute approximate surface area is 143 Å². The van der Waals surface area contributed by atoms with Crippen molar-refractivity contribution < 1.29 is 14.6 Å². The van der Waals surface area contributed by atoms with Crippen LogP contribution in [0.4, 0.5) is 0 Å². The van der Waals surface area contributed by atoms with Crippen LogP contribution in [0.1, 0.15) is 27.0 Å². The maximum atomic E-state index is 12.8. The average Bonchev–Trinajstić information content (AvgIpc) is 2.55. The molecule has 1 heterocycles. The SMILES string of the molecule is COCCn1c(O)c(C(=O)c2ccccc2Cl)c(C)c(C#N)c1=O. The van der Waals surface area contributed by atoms with Crippen molar-refractivity contribution in [3.8, 4) is 11.9 Å². The van der Waals surface area contributed by atoms with E-state index in [1.54, 1.807) is 24.3 Å². The van der Waals surface area contributed by atoms with E-state index < -0.39 is 17.2 Å². The molecule has 1 aromatic heterocycles. The number of hydrogen-bond acceptors (Lipinski definition) is 5. The second-order valence-electron chi connectivity index (χ2n) is 5.07. The number of ketones is 1. The number of benzene rings is 1. The van der Waals surface area contributed by atoms with Crippen molar-refractivity contribution in [3.05, 3.63) is 61.9 Å². The van der Waals surface area contributed by atoms with Gasteiger partial charge in [0, 0.05) is 12.7 Å². The largest absolute Gasteiger partial charge is 0.494 e. The van der Waals surface area contributed by atoms with Gasteiger partial charge in [0.15, 0.2) is 5.78 Å². The van der Waals surface area contributed by atoms with Crippen LogP contribution in [0, 0.1) is 18.3 Å². The summed E-state index contributed by atoms with van der Waals surface area (Å²) in [5, 5.41) is 19.9. The lowest BCUT2D eigenvalue weighted by atomic mass is 9.97. The summed E-state index contributed by atoms with van der Waals surface area (Å²) in [4.78, 5) is 25.1. The lowest BCUT2D eigenvalue weighted by Gasteiger charge is -2.15. The van der Waals surface area contributed by atoms with Crippen molar-refractivity contribution in [1.29, 1.82) is 5.26 Å². The van der Waals surface area contributed by atoms with Crippen LogP contribution in [0.15, 0.2) is 29.1 Å².